The lowest BCUT2D eigenvalue weighted by Gasteiger charge is -2.25. The van der Waals surface area contributed by atoms with Gasteiger partial charge in [0.05, 0.1) is 0 Å². The number of hydrogen-bond acceptors (Lipinski definition) is 2. The Morgan fingerprint density at radius 1 is 1.20 bits per heavy atom. The number of fused-ring (bicyclic) bond motifs is 1. The Morgan fingerprint density at radius 2 is 2.10 bits per heavy atom. The van der Waals surface area contributed by atoms with Gasteiger partial charge in [-0.2, -0.15) is 0 Å². The molecule has 20 heavy (non-hydrogen) atoms. The SMILES string of the molecule is CCCNCC1CCCN1Cc1ccc2c(c1)CCC2. The van der Waals surface area contributed by atoms with Crippen LogP contribution in [0.25, 0.3) is 0 Å². The van der Waals surface area contributed by atoms with Crippen molar-refractivity contribution in [3.8, 4) is 0 Å². The minimum Gasteiger partial charge on any atom is -0.315 e. The van der Waals surface area contributed by atoms with E-state index in [1.165, 1.54) is 57.2 Å². The van der Waals surface area contributed by atoms with E-state index in [9.17, 15) is 0 Å². The number of rotatable bonds is 6. The van der Waals surface area contributed by atoms with Crippen LogP contribution in [0.15, 0.2) is 18.2 Å². The molecule has 2 nitrogen and oxygen atoms in total. The number of hydrogen-bond donors (Lipinski definition) is 1. The molecule has 3 rings (SSSR count). The summed E-state index contributed by atoms with van der Waals surface area (Å²) in [5.74, 6) is 0. The second-order valence-electron chi connectivity index (χ2n) is 6.43. The molecular formula is C18H28N2. The van der Waals surface area contributed by atoms with Gasteiger partial charge in [0.2, 0.25) is 0 Å². The second kappa shape index (κ2) is 6.73. The molecule has 1 heterocycles. The van der Waals surface area contributed by atoms with E-state index < -0.39 is 0 Å². The van der Waals surface area contributed by atoms with Crippen LogP contribution in [-0.2, 0) is 19.4 Å². The molecule has 1 fully saturated rings. The predicted molar refractivity (Wildman–Crippen MR) is 85.1 cm³/mol. The summed E-state index contributed by atoms with van der Waals surface area (Å²) < 4.78 is 0. The van der Waals surface area contributed by atoms with Crippen LogP contribution in [0.2, 0.25) is 0 Å². The molecule has 1 aliphatic carbocycles. The van der Waals surface area contributed by atoms with E-state index in [1.54, 1.807) is 11.1 Å². The first-order chi connectivity index (χ1) is 9.86. The minimum atomic E-state index is 0.745. The Hall–Kier alpha value is -0.860. The van der Waals surface area contributed by atoms with Crippen LogP contribution in [0.5, 0.6) is 0 Å². The second-order valence-corrected chi connectivity index (χ2v) is 6.43. The zero-order valence-corrected chi connectivity index (χ0v) is 12.8. The average Bonchev–Trinajstić information content (AvgIpc) is 3.08. The third kappa shape index (κ3) is 3.24. The summed E-state index contributed by atoms with van der Waals surface area (Å²) in [5.41, 5.74) is 4.73. The first-order valence-electron chi connectivity index (χ1n) is 8.42. The monoisotopic (exact) mass is 272 g/mol. The molecule has 0 spiro atoms. The summed E-state index contributed by atoms with van der Waals surface area (Å²) in [7, 11) is 0. The third-order valence-corrected chi connectivity index (χ3v) is 4.85. The first kappa shape index (κ1) is 14.1. The lowest BCUT2D eigenvalue weighted by atomic mass is 10.1. The smallest absolute Gasteiger partial charge is 0.0237 e. The van der Waals surface area contributed by atoms with Gasteiger partial charge in [-0.1, -0.05) is 25.1 Å². The number of nitrogens with zero attached hydrogens (tertiary/aromatic N) is 1. The van der Waals surface area contributed by atoms with E-state index in [4.69, 9.17) is 0 Å². The van der Waals surface area contributed by atoms with Crippen molar-refractivity contribution >= 4 is 0 Å². The van der Waals surface area contributed by atoms with Crippen LogP contribution < -0.4 is 5.32 Å². The van der Waals surface area contributed by atoms with E-state index in [0.29, 0.717) is 0 Å². The molecule has 1 aromatic carbocycles. The Balaban J connectivity index is 1.58. The normalized spacial score (nSPS) is 22.4. The summed E-state index contributed by atoms with van der Waals surface area (Å²) in [5, 5.41) is 3.59. The van der Waals surface area contributed by atoms with Gasteiger partial charge in [-0.05, 0) is 68.3 Å². The van der Waals surface area contributed by atoms with E-state index in [-0.39, 0.29) is 0 Å². The molecule has 1 aromatic rings. The van der Waals surface area contributed by atoms with Crippen molar-refractivity contribution in [1.29, 1.82) is 0 Å². The lowest BCUT2D eigenvalue weighted by Crippen LogP contribution is -2.37. The highest BCUT2D eigenvalue weighted by molar-refractivity contribution is 5.35. The topological polar surface area (TPSA) is 15.3 Å². The largest absolute Gasteiger partial charge is 0.315 e. The molecule has 1 unspecified atom stereocenters. The lowest BCUT2D eigenvalue weighted by molar-refractivity contribution is 0.239. The summed E-state index contributed by atoms with van der Waals surface area (Å²) in [4.78, 5) is 2.68. The van der Waals surface area contributed by atoms with Crippen molar-refractivity contribution in [3.63, 3.8) is 0 Å². The van der Waals surface area contributed by atoms with Crippen LogP contribution in [0.3, 0.4) is 0 Å². The zero-order chi connectivity index (χ0) is 13.8. The molecule has 0 radical (unpaired) electrons. The fraction of sp³-hybridized carbons (Fsp3) is 0.667. The van der Waals surface area contributed by atoms with Crippen molar-refractivity contribution in [1.82, 2.24) is 10.2 Å². The first-order valence-corrected chi connectivity index (χ1v) is 8.42. The van der Waals surface area contributed by atoms with Crippen LogP contribution in [-0.4, -0.2) is 30.6 Å². The molecule has 1 saturated heterocycles. The maximum atomic E-state index is 3.59. The average molecular weight is 272 g/mol. The molecule has 1 atom stereocenters. The Bertz CT molecular complexity index is 441. The molecular weight excluding hydrogens is 244 g/mol. The standard InChI is InChI=1S/C18H28N2/c1-2-10-19-13-18-7-4-11-20(18)14-15-8-9-16-5-3-6-17(16)12-15/h8-9,12,18-19H,2-7,10-11,13-14H2,1H3. The Kier molecular flexibility index (Phi) is 4.74. The van der Waals surface area contributed by atoms with E-state index in [2.05, 4.69) is 35.3 Å². The maximum Gasteiger partial charge on any atom is 0.0237 e. The Morgan fingerprint density at radius 3 is 3.00 bits per heavy atom. The molecule has 2 aliphatic rings. The van der Waals surface area contributed by atoms with Crippen molar-refractivity contribution in [2.24, 2.45) is 0 Å². The zero-order valence-electron chi connectivity index (χ0n) is 12.8. The summed E-state index contributed by atoms with van der Waals surface area (Å²) >= 11 is 0. The summed E-state index contributed by atoms with van der Waals surface area (Å²) in [6, 6.07) is 7.95. The molecule has 0 amide bonds. The van der Waals surface area contributed by atoms with E-state index in [0.717, 1.165) is 19.1 Å². The van der Waals surface area contributed by atoms with Gasteiger partial charge < -0.3 is 5.32 Å². The number of benzene rings is 1. The van der Waals surface area contributed by atoms with Gasteiger partial charge in [0.25, 0.3) is 0 Å². The van der Waals surface area contributed by atoms with Gasteiger partial charge in [0.15, 0.2) is 0 Å². The number of likely N-dealkylation sites (tertiary alicyclic amines) is 1. The fourth-order valence-electron chi connectivity index (χ4n) is 3.74. The summed E-state index contributed by atoms with van der Waals surface area (Å²) in [6.07, 6.45) is 7.90. The van der Waals surface area contributed by atoms with Crippen LogP contribution in [0.4, 0.5) is 0 Å². The highest BCUT2D eigenvalue weighted by Crippen LogP contribution is 2.25. The quantitative estimate of drug-likeness (QED) is 0.800. The number of aryl methyl sites for hydroxylation is 2. The van der Waals surface area contributed by atoms with Gasteiger partial charge in [-0.25, -0.2) is 0 Å². The molecule has 0 saturated carbocycles. The van der Waals surface area contributed by atoms with E-state index in [1.807, 2.05) is 0 Å². The van der Waals surface area contributed by atoms with Crippen molar-refractivity contribution < 1.29 is 0 Å². The van der Waals surface area contributed by atoms with Gasteiger partial charge in [0.1, 0.15) is 0 Å². The minimum absolute atomic E-state index is 0.745. The summed E-state index contributed by atoms with van der Waals surface area (Å²) in [6.45, 7) is 6.98. The van der Waals surface area contributed by atoms with Crippen LogP contribution in [0, 0.1) is 0 Å². The molecule has 110 valence electrons. The van der Waals surface area contributed by atoms with E-state index >= 15 is 0 Å². The molecule has 0 bridgehead atoms. The number of nitrogens with one attached hydrogen (secondary N) is 1. The van der Waals surface area contributed by atoms with Gasteiger partial charge in [-0.15, -0.1) is 0 Å². The van der Waals surface area contributed by atoms with Gasteiger partial charge in [-0.3, -0.25) is 4.90 Å². The fourth-order valence-corrected chi connectivity index (χ4v) is 3.74. The maximum absolute atomic E-state index is 3.59. The third-order valence-electron chi connectivity index (χ3n) is 4.85. The van der Waals surface area contributed by atoms with Gasteiger partial charge >= 0.3 is 0 Å². The molecule has 2 heteroatoms. The molecule has 0 aromatic heterocycles. The highest BCUT2D eigenvalue weighted by Gasteiger charge is 2.24. The molecule has 1 N–H and O–H groups in total. The molecule has 1 aliphatic heterocycles. The van der Waals surface area contributed by atoms with Crippen molar-refractivity contribution in [2.75, 3.05) is 19.6 Å². The van der Waals surface area contributed by atoms with Crippen LogP contribution in [0.1, 0.15) is 49.3 Å². The van der Waals surface area contributed by atoms with Crippen molar-refractivity contribution in [2.45, 2.75) is 58.0 Å². The van der Waals surface area contributed by atoms with Crippen molar-refractivity contribution in [3.05, 3.63) is 34.9 Å². The van der Waals surface area contributed by atoms with Gasteiger partial charge in [0, 0.05) is 19.1 Å². The van der Waals surface area contributed by atoms with Crippen LogP contribution >= 0.6 is 0 Å². The predicted octanol–water partition coefficient (Wildman–Crippen LogP) is 3.14. The highest BCUT2D eigenvalue weighted by atomic mass is 15.2. The Labute approximate surface area is 123 Å².